The molecule has 2 aromatic heterocycles. The number of aromatic nitrogens is 4. The highest BCUT2D eigenvalue weighted by molar-refractivity contribution is 5.73. The van der Waals surface area contributed by atoms with E-state index in [-0.39, 0.29) is 29.8 Å². The minimum absolute atomic E-state index is 0.000603. The smallest absolute Gasteiger partial charge is 0.255 e. The highest BCUT2D eigenvalue weighted by Crippen LogP contribution is 2.26. The lowest BCUT2D eigenvalue weighted by atomic mass is 9.86. The number of carbonyl (C=O) groups excluding carboxylic acids is 1. The van der Waals surface area contributed by atoms with E-state index >= 15 is 0 Å². The molecule has 2 aliphatic rings. The van der Waals surface area contributed by atoms with E-state index in [4.69, 9.17) is 9.47 Å². The van der Waals surface area contributed by atoms with Crippen molar-refractivity contribution in [2.45, 2.75) is 44.7 Å². The Kier molecular flexibility index (Phi) is 5.89. The van der Waals surface area contributed by atoms with Gasteiger partial charge in [0.15, 0.2) is 0 Å². The fourth-order valence-electron chi connectivity index (χ4n) is 3.58. The number of ether oxygens (including phenoxy) is 2. The third-order valence-corrected chi connectivity index (χ3v) is 5.27. The predicted molar refractivity (Wildman–Crippen MR) is 102 cm³/mol. The summed E-state index contributed by atoms with van der Waals surface area (Å²) in [4.78, 5) is 19.3. The van der Waals surface area contributed by atoms with Crippen LogP contribution in [0.5, 0.6) is 5.88 Å². The Morgan fingerprint density at radius 2 is 2.10 bits per heavy atom. The molecule has 2 fully saturated rings. The second-order valence-electron chi connectivity index (χ2n) is 7.60. The first-order valence-electron chi connectivity index (χ1n) is 9.88. The number of hydrogen-bond donors (Lipinski definition) is 2. The molecule has 9 nitrogen and oxygen atoms in total. The number of halogens is 1. The van der Waals surface area contributed by atoms with Crippen LogP contribution in [0.3, 0.4) is 0 Å². The first-order chi connectivity index (χ1) is 14.1. The molecule has 2 aromatic rings. The van der Waals surface area contributed by atoms with Gasteiger partial charge in [0.2, 0.25) is 17.7 Å². The standard InChI is InChI=1S/C19H25FN6O3/c1-12(27)23-14-4-2-13(3-5-14)9-29-18-17(20)7-21-19(25-18)24-15-6-22-26(8-15)16-10-28-11-16/h6-8,13-14,16H,2-5,9-11H2,1H3,(H,23,27)(H,21,24,25). The molecule has 0 spiro atoms. The molecule has 10 heteroatoms. The predicted octanol–water partition coefficient (Wildman–Crippen LogP) is 2.20. The van der Waals surface area contributed by atoms with Gasteiger partial charge in [-0.05, 0) is 31.6 Å². The van der Waals surface area contributed by atoms with E-state index in [9.17, 15) is 9.18 Å². The van der Waals surface area contributed by atoms with Gasteiger partial charge in [-0.3, -0.25) is 9.48 Å². The van der Waals surface area contributed by atoms with Gasteiger partial charge in [0, 0.05) is 19.2 Å². The second kappa shape index (κ2) is 8.73. The molecule has 0 bridgehead atoms. The van der Waals surface area contributed by atoms with E-state index < -0.39 is 5.82 Å². The van der Waals surface area contributed by atoms with Gasteiger partial charge < -0.3 is 20.1 Å². The molecule has 0 aromatic carbocycles. The van der Waals surface area contributed by atoms with Crippen LogP contribution in [-0.4, -0.2) is 51.5 Å². The fourth-order valence-corrected chi connectivity index (χ4v) is 3.58. The minimum Gasteiger partial charge on any atom is -0.475 e. The first-order valence-corrected chi connectivity index (χ1v) is 9.88. The number of carbonyl (C=O) groups is 1. The van der Waals surface area contributed by atoms with Gasteiger partial charge in [0.1, 0.15) is 0 Å². The topological polar surface area (TPSA) is 103 Å². The number of nitrogens with one attached hydrogen (secondary N) is 2. The Bertz CT molecular complexity index is 848. The fraction of sp³-hybridized carbons (Fsp3) is 0.579. The number of hydrogen-bond acceptors (Lipinski definition) is 7. The maximum Gasteiger partial charge on any atom is 0.255 e. The Morgan fingerprint density at radius 3 is 2.79 bits per heavy atom. The molecular weight excluding hydrogens is 379 g/mol. The molecule has 4 rings (SSSR count). The van der Waals surface area contributed by atoms with Gasteiger partial charge in [-0.1, -0.05) is 0 Å². The Morgan fingerprint density at radius 1 is 1.31 bits per heavy atom. The van der Waals surface area contributed by atoms with Crippen LogP contribution in [0.2, 0.25) is 0 Å². The molecule has 156 valence electrons. The van der Waals surface area contributed by atoms with Gasteiger partial charge in [-0.15, -0.1) is 0 Å². The van der Waals surface area contributed by atoms with Crippen molar-refractivity contribution in [1.82, 2.24) is 25.1 Å². The van der Waals surface area contributed by atoms with Crippen molar-refractivity contribution in [1.29, 1.82) is 0 Å². The lowest BCUT2D eigenvalue weighted by Crippen LogP contribution is -2.37. The highest BCUT2D eigenvalue weighted by atomic mass is 19.1. The van der Waals surface area contributed by atoms with E-state index in [0.29, 0.717) is 31.4 Å². The van der Waals surface area contributed by atoms with Gasteiger partial charge >= 0.3 is 0 Å². The quantitative estimate of drug-likeness (QED) is 0.729. The van der Waals surface area contributed by atoms with Gasteiger partial charge in [-0.2, -0.15) is 14.5 Å². The molecule has 0 atom stereocenters. The number of rotatable bonds is 7. The van der Waals surface area contributed by atoms with Crippen LogP contribution in [0.4, 0.5) is 16.0 Å². The summed E-state index contributed by atoms with van der Waals surface area (Å²) < 4.78 is 26.7. The van der Waals surface area contributed by atoms with Gasteiger partial charge in [0.05, 0.1) is 43.9 Å². The van der Waals surface area contributed by atoms with Crippen LogP contribution >= 0.6 is 0 Å². The molecule has 0 unspecified atom stereocenters. The summed E-state index contributed by atoms with van der Waals surface area (Å²) in [5, 5.41) is 10.3. The van der Waals surface area contributed by atoms with Crippen LogP contribution < -0.4 is 15.4 Å². The molecule has 2 N–H and O–H groups in total. The zero-order valence-electron chi connectivity index (χ0n) is 16.3. The van der Waals surface area contributed by atoms with Gasteiger partial charge in [0.25, 0.3) is 5.88 Å². The minimum atomic E-state index is -0.593. The summed E-state index contributed by atoms with van der Waals surface area (Å²) in [6, 6.07) is 0.474. The Labute approximate surface area is 168 Å². The van der Waals surface area contributed by atoms with Crippen LogP contribution in [0.1, 0.15) is 38.6 Å². The molecule has 3 heterocycles. The summed E-state index contributed by atoms with van der Waals surface area (Å²) in [6.45, 7) is 3.23. The van der Waals surface area contributed by atoms with Crippen molar-refractivity contribution in [3.63, 3.8) is 0 Å². The normalized spacial score (nSPS) is 22.0. The lowest BCUT2D eigenvalue weighted by Gasteiger charge is -2.28. The average molecular weight is 404 g/mol. The number of amides is 1. The molecule has 1 amide bonds. The Balaban J connectivity index is 1.30. The Hall–Kier alpha value is -2.75. The highest BCUT2D eigenvalue weighted by Gasteiger charge is 2.23. The van der Waals surface area contributed by atoms with Gasteiger partial charge in [-0.25, -0.2) is 4.98 Å². The molecular formula is C19H25FN6O3. The summed E-state index contributed by atoms with van der Waals surface area (Å²) in [5.74, 6) is -0.0932. The monoisotopic (exact) mass is 404 g/mol. The van der Waals surface area contributed by atoms with Crippen molar-refractivity contribution >= 4 is 17.5 Å². The lowest BCUT2D eigenvalue weighted by molar-refractivity contribution is -0.119. The van der Waals surface area contributed by atoms with Crippen molar-refractivity contribution in [2.75, 3.05) is 25.1 Å². The van der Waals surface area contributed by atoms with Crippen molar-refractivity contribution in [2.24, 2.45) is 5.92 Å². The van der Waals surface area contributed by atoms with Crippen LogP contribution in [0.25, 0.3) is 0 Å². The summed E-state index contributed by atoms with van der Waals surface area (Å²) in [5.41, 5.74) is 0.714. The molecule has 1 saturated heterocycles. The maximum absolute atomic E-state index is 14.1. The summed E-state index contributed by atoms with van der Waals surface area (Å²) in [6.07, 6.45) is 8.26. The summed E-state index contributed by atoms with van der Waals surface area (Å²) in [7, 11) is 0. The SMILES string of the molecule is CC(=O)NC1CCC(COc2nc(Nc3cnn(C4COC4)c3)ncc2F)CC1. The first kappa shape index (κ1) is 19.6. The zero-order valence-corrected chi connectivity index (χ0v) is 16.3. The van der Waals surface area contributed by atoms with E-state index in [2.05, 4.69) is 25.7 Å². The molecule has 1 saturated carbocycles. The van der Waals surface area contributed by atoms with Crippen molar-refractivity contribution < 1.29 is 18.7 Å². The van der Waals surface area contributed by atoms with E-state index in [0.717, 1.165) is 31.9 Å². The largest absolute Gasteiger partial charge is 0.475 e. The van der Waals surface area contributed by atoms with E-state index in [1.54, 1.807) is 6.20 Å². The van der Waals surface area contributed by atoms with Crippen LogP contribution in [0.15, 0.2) is 18.6 Å². The molecule has 0 radical (unpaired) electrons. The van der Waals surface area contributed by atoms with Crippen LogP contribution in [0, 0.1) is 11.7 Å². The van der Waals surface area contributed by atoms with E-state index in [1.807, 2.05) is 10.9 Å². The third-order valence-electron chi connectivity index (χ3n) is 5.27. The van der Waals surface area contributed by atoms with Crippen LogP contribution in [-0.2, 0) is 9.53 Å². The molecule has 1 aliphatic heterocycles. The maximum atomic E-state index is 14.1. The molecule has 29 heavy (non-hydrogen) atoms. The zero-order chi connectivity index (χ0) is 20.2. The average Bonchev–Trinajstić information content (AvgIpc) is 3.09. The molecule has 1 aliphatic carbocycles. The second-order valence-corrected chi connectivity index (χ2v) is 7.60. The third kappa shape index (κ3) is 5.00. The number of nitrogens with zero attached hydrogens (tertiary/aromatic N) is 4. The van der Waals surface area contributed by atoms with Crippen molar-refractivity contribution in [3.05, 3.63) is 24.4 Å². The summed E-state index contributed by atoms with van der Waals surface area (Å²) >= 11 is 0. The van der Waals surface area contributed by atoms with E-state index in [1.165, 1.54) is 6.92 Å². The number of anilines is 2. The van der Waals surface area contributed by atoms with Crippen molar-refractivity contribution in [3.8, 4) is 5.88 Å².